The molecule has 3 aromatic heterocycles. The Labute approximate surface area is 243 Å². The Morgan fingerprint density at radius 3 is 2.12 bits per heavy atom. The number of aromatic nitrogens is 6. The Bertz CT molecular complexity index is 2020. The molecule has 1 aliphatic heterocycles. The molecule has 0 bridgehead atoms. The maximum absolute atomic E-state index is 13.5. The number of anilines is 2. The number of benzene rings is 2. The highest BCUT2D eigenvalue weighted by molar-refractivity contribution is 6.05. The number of fused-ring (bicyclic) bond motifs is 3. The number of aryl methyl sites for hydroxylation is 4. The Morgan fingerprint density at radius 2 is 1.50 bits per heavy atom. The largest absolute Gasteiger partial charge is 0.366 e. The second-order valence-electron chi connectivity index (χ2n) is 11.6. The fraction of sp³-hybridized carbons (Fsp3) is 0.452. The van der Waals surface area contributed by atoms with Crippen LogP contribution in [0.15, 0.2) is 44.7 Å². The lowest BCUT2D eigenvalue weighted by molar-refractivity contribution is 0.370. The minimum absolute atomic E-state index is 0.0236. The van der Waals surface area contributed by atoms with Gasteiger partial charge >= 0.3 is 11.4 Å². The number of hydrogen-bond donors (Lipinski definition) is 1. The van der Waals surface area contributed by atoms with Gasteiger partial charge in [-0.1, -0.05) is 11.6 Å². The average Bonchev–Trinajstić information content (AvgIpc) is 3.24. The maximum Gasteiger partial charge on any atom is 0.331 e. The van der Waals surface area contributed by atoms with Crippen LogP contribution in [0.3, 0.4) is 0 Å². The molecule has 1 fully saturated rings. The Morgan fingerprint density at radius 1 is 0.857 bits per heavy atom. The van der Waals surface area contributed by atoms with Gasteiger partial charge in [-0.15, -0.1) is 10.2 Å². The van der Waals surface area contributed by atoms with Crippen LogP contribution < -0.4 is 27.2 Å². The van der Waals surface area contributed by atoms with Crippen molar-refractivity contribution in [3.8, 4) is 0 Å². The molecule has 0 spiro atoms. The zero-order chi connectivity index (χ0) is 29.9. The zero-order valence-electron chi connectivity index (χ0n) is 25.1. The molecule has 6 rings (SSSR count). The molecular weight excluding hydrogens is 532 g/mol. The molecule has 0 aliphatic carbocycles. The number of rotatable bonds is 6. The molecule has 2 aromatic carbocycles. The lowest BCUT2D eigenvalue weighted by atomic mass is 10.0. The highest BCUT2D eigenvalue weighted by Crippen LogP contribution is 2.35. The number of imidazole rings is 1. The molecule has 1 aliphatic rings. The highest BCUT2D eigenvalue weighted by atomic mass is 16.2. The van der Waals surface area contributed by atoms with Crippen molar-refractivity contribution in [2.24, 2.45) is 7.05 Å². The van der Waals surface area contributed by atoms with Crippen LogP contribution >= 0.6 is 0 Å². The molecule has 11 heteroatoms. The lowest BCUT2D eigenvalue weighted by Gasteiger charge is -2.34. The second kappa shape index (κ2) is 10.5. The van der Waals surface area contributed by atoms with Crippen molar-refractivity contribution < 1.29 is 0 Å². The van der Waals surface area contributed by atoms with Crippen molar-refractivity contribution in [1.29, 1.82) is 0 Å². The molecule has 1 saturated heterocycles. The van der Waals surface area contributed by atoms with Gasteiger partial charge < -0.3 is 10.2 Å². The van der Waals surface area contributed by atoms with Crippen LogP contribution in [0, 0.1) is 6.92 Å². The van der Waals surface area contributed by atoms with Crippen LogP contribution in [0.25, 0.3) is 32.7 Å². The minimum atomic E-state index is -0.287. The van der Waals surface area contributed by atoms with Crippen LogP contribution in [0.2, 0.25) is 0 Å². The molecule has 42 heavy (non-hydrogen) atoms. The van der Waals surface area contributed by atoms with Crippen LogP contribution in [-0.2, 0) is 20.1 Å². The topological polar surface area (TPSA) is 112 Å². The highest BCUT2D eigenvalue weighted by Gasteiger charge is 2.27. The van der Waals surface area contributed by atoms with Crippen molar-refractivity contribution >= 4 is 44.3 Å². The molecule has 0 atom stereocenters. The van der Waals surface area contributed by atoms with E-state index >= 15 is 0 Å². The fourth-order valence-electron chi connectivity index (χ4n) is 6.42. The van der Waals surface area contributed by atoms with E-state index in [-0.39, 0.29) is 29.0 Å². The first-order valence-electron chi connectivity index (χ1n) is 14.8. The average molecular weight is 571 g/mol. The van der Waals surface area contributed by atoms with Gasteiger partial charge in [0.25, 0.3) is 5.56 Å². The third-order valence-corrected chi connectivity index (χ3v) is 8.54. The molecule has 0 amide bonds. The number of nitrogens with zero attached hydrogens (tertiary/aromatic N) is 7. The molecule has 5 aromatic rings. The molecule has 220 valence electrons. The summed E-state index contributed by atoms with van der Waals surface area (Å²) in [5, 5.41) is 15.1. The second-order valence-corrected chi connectivity index (χ2v) is 11.6. The van der Waals surface area contributed by atoms with Gasteiger partial charge in [0.05, 0.1) is 21.9 Å². The van der Waals surface area contributed by atoms with E-state index in [2.05, 4.69) is 46.4 Å². The summed E-state index contributed by atoms with van der Waals surface area (Å²) >= 11 is 0. The summed E-state index contributed by atoms with van der Waals surface area (Å²) in [5.41, 5.74) is 2.84. The Kier molecular flexibility index (Phi) is 6.90. The van der Waals surface area contributed by atoms with E-state index in [9.17, 15) is 14.4 Å². The molecular formula is C31H38N8O3. The van der Waals surface area contributed by atoms with Gasteiger partial charge in [-0.25, -0.2) is 9.59 Å². The zero-order valence-corrected chi connectivity index (χ0v) is 25.1. The molecule has 4 heterocycles. The minimum Gasteiger partial charge on any atom is -0.366 e. The Balaban J connectivity index is 1.42. The third-order valence-electron chi connectivity index (χ3n) is 8.54. The van der Waals surface area contributed by atoms with Crippen LogP contribution in [0.4, 0.5) is 11.6 Å². The van der Waals surface area contributed by atoms with Gasteiger partial charge in [-0.05, 0) is 71.7 Å². The summed E-state index contributed by atoms with van der Waals surface area (Å²) in [4.78, 5) is 42.2. The van der Waals surface area contributed by atoms with E-state index < -0.39 is 0 Å². The van der Waals surface area contributed by atoms with Crippen molar-refractivity contribution in [3.63, 3.8) is 0 Å². The van der Waals surface area contributed by atoms with Crippen LogP contribution in [0.5, 0.6) is 0 Å². The first kappa shape index (κ1) is 27.7. The van der Waals surface area contributed by atoms with Crippen molar-refractivity contribution in [1.82, 2.24) is 28.5 Å². The van der Waals surface area contributed by atoms with Gasteiger partial charge in [-0.2, -0.15) is 0 Å². The summed E-state index contributed by atoms with van der Waals surface area (Å²) in [7, 11) is 1.72. The van der Waals surface area contributed by atoms with E-state index in [1.54, 1.807) is 20.7 Å². The van der Waals surface area contributed by atoms with Crippen molar-refractivity contribution in [3.05, 3.63) is 67.2 Å². The summed E-state index contributed by atoms with van der Waals surface area (Å²) in [6.45, 7) is 12.4. The van der Waals surface area contributed by atoms with E-state index in [4.69, 9.17) is 0 Å². The molecule has 0 unspecified atom stereocenters. The van der Waals surface area contributed by atoms with Gasteiger partial charge in [-0.3, -0.25) is 23.1 Å². The predicted molar refractivity (Wildman–Crippen MR) is 168 cm³/mol. The lowest BCUT2D eigenvalue weighted by Crippen LogP contribution is -2.45. The van der Waals surface area contributed by atoms with Gasteiger partial charge in [0, 0.05) is 56.1 Å². The van der Waals surface area contributed by atoms with Crippen molar-refractivity contribution in [2.45, 2.75) is 72.6 Å². The molecule has 1 N–H and O–H groups in total. The molecule has 11 nitrogen and oxygen atoms in total. The smallest absolute Gasteiger partial charge is 0.331 e. The number of hydrogen-bond acceptors (Lipinski definition) is 7. The van der Waals surface area contributed by atoms with E-state index in [0.717, 1.165) is 33.2 Å². The van der Waals surface area contributed by atoms with E-state index in [0.29, 0.717) is 55.7 Å². The molecule has 0 saturated carbocycles. The summed E-state index contributed by atoms with van der Waals surface area (Å²) < 4.78 is 6.61. The quantitative estimate of drug-likeness (QED) is 0.331. The van der Waals surface area contributed by atoms with Crippen LogP contribution in [0.1, 0.15) is 52.1 Å². The Hall–Kier alpha value is -4.41. The first-order valence-corrected chi connectivity index (χ1v) is 14.8. The maximum atomic E-state index is 13.5. The third kappa shape index (κ3) is 4.29. The normalized spacial score (nSPS) is 14.6. The van der Waals surface area contributed by atoms with E-state index in [1.807, 2.05) is 39.0 Å². The van der Waals surface area contributed by atoms with Gasteiger partial charge in [0.15, 0.2) is 11.6 Å². The number of nitrogens with one attached hydrogen (secondary N) is 1. The summed E-state index contributed by atoms with van der Waals surface area (Å²) in [6, 6.07) is 9.68. The fourth-order valence-corrected chi connectivity index (χ4v) is 6.42. The first-order chi connectivity index (χ1) is 20.1. The predicted octanol–water partition coefficient (Wildman–Crippen LogP) is 3.77. The standard InChI is InChI=1S/C31H38N8O3/c1-7-37-25-16-21-22(17-26(25)38(8-2)31(37)42)28(34-33-27(21)32-18(3)4)36-13-11-20(12-14-36)39-29(40)23-15-19(5)9-10-24(23)35(6)30(39)41/h9-10,15-18,20H,7-8,11-14H2,1-6H3,(H,32,33). The van der Waals surface area contributed by atoms with Crippen molar-refractivity contribution in [2.75, 3.05) is 23.3 Å². The van der Waals surface area contributed by atoms with Crippen LogP contribution in [-0.4, -0.2) is 47.6 Å². The summed E-state index contributed by atoms with van der Waals surface area (Å²) in [6.07, 6.45) is 1.24. The van der Waals surface area contributed by atoms with Gasteiger partial charge in [0.1, 0.15) is 0 Å². The monoisotopic (exact) mass is 570 g/mol. The van der Waals surface area contributed by atoms with E-state index in [1.165, 1.54) is 4.57 Å². The summed E-state index contributed by atoms with van der Waals surface area (Å²) in [5.74, 6) is 1.43. The SMILES string of the molecule is CCn1c(=O)n(CC)c2cc3c(N4CCC(n5c(=O)c6cc(C)ccc6n(C)c5=O)CC4)nnc(NC(C)C)c3cc21. The number of piperidine rings is 1. The molecule has 0 radical (unpaired) electrons. The van der Waals surface area contributed by atoms with Gasteiger partial charge in [0.2, 0.25) is 0 Å².